The smallest absolute Gasteiger partial charge is 0.471 e. The molecule has 0 radical (unpaired) electrons. The Labute approximate surface area is 98.2 Å². The molecule has 0 rings (SSSR count). The van der Waals surface area contributed by atoms with Gasteiger partial charge in [0.15, 0.2) is 6.04 Å². The van der Waals surface area contributed by atoms with Crippen molar-refractivity contribution in [3.63, 3.8) is 0 Å². The van der Waals surface area contributed by atoms with Crippen molar-refractivity contribution in [2.24, 2.45) is 0 Å². The molecule has 7 nitrogen and oxygen atoms in total. The first-order chi connectivity index (χ1) is 8.15. The topological polar surface area (TPSA) is 120 Å². The second-order valence-electron chi connectivity index (χ2n) is 3.01. The summed E-state index contributed by atoms with van der Waals surface area (Å²) in [6.07, 6.45) is -5.53. The zero-order valence-electron chi connectivity index (χ0n) is 8.98. The number of carboxylic acids is 1. The summed E-state index contributed by atoms with van der Waals surface area (Å²) < 4.78 is 35.7. The summed E-state index contributed by atoms with van der Waals surface area (Å²) >= 11 is 0. The Balaban J connectivity index is 5.13. The van der Waals surface area contributed by atoms with E-state index in [1.165, 1.54) is 6.92 Å². The van der Waals surface area contributed by atoms with Gasteiger partial charge in [0.1, 0.15) is 0 Å². The van der Waals surface area contributed by atoms with E-state index in [0.717, 1.165) is 5.32 Å². The van der Waals surface area contributed by atoms with Crippen LogP contribution < -0.4 is 5.32 Å². The molecule has 1 atom stereocenters. The summed E-state index contributed by atoms with van der Waals surface area (Å²) in [7, 11) is 0. The number of nitrogens with zero attached hydrogens (tertiary/aromatic N) is 2. The molecule has 0 aliphatic carbocycles. The molecule has 0 fully saturated rings. The van der Waals surface area contributed by atoms with Crippen LogP contribution in [0.5, 0.6) is 0 Å². The first kappa shape index (κ1) is 15.8. The van der Waals surface area contributed by atoms with Gasteiger partial charge in [0.25, 0.3) is 5.78 Å². The number of hydrogen-bond acceptors (Lipinski definition) is 3. The number of Topliss-reactive ketones (excluding diaryl/α,β-unsaturated/α-hetero) is 1. The molecular weight excluding hydrogens is 259 g/mol. The van der Waals surface area contributed by atoms with Gasteiger partial charge in [-0.25, -0.2) is 4.79 Å². The van der Waals surface area contributed by atoms with Gasteiger partial charge in [-0.05, 0) is 0 Å². The monoisotopic (exact) mass is 267 g/mol. The summed E-state index contributed by atoms with van der Waals surface area (Å²) in [5.41, 5.74) is 7.70. The quantitative estimate of drug-likeness (QED) is 0.309. The molecule has 0 saturated carbocycles. The highest BCUT2D eigenvalue weighted by Gasteiger charge is 2.44. The van der Waals surface area contributed by atoms with E-state index in [1.54, 1.807) is 0 Å². The van der Waals surface area contributed by atoms with Gasteiger partial charge in [-0.2, -0.15) is 18.0 Å². The van der Waals surface area contributed by atoms with Crippen LogP contribution in [0.25, 0.3) is 5.53 Å². The maximum atomic E-state index is 11.9. The molecule has 0 saturated heterocycles. The van der Waals surface area contributed by atoms with E-state index in [0.29, 0.717) is 0 Å². The van der Waals surface area contributed by atoms with Gasteiger partial charge in [-0.15, -0.1) is 0 Å². The molecule has 0 aromatic heterocycles. The summed E-state index contributed by atoms with van der Waals surface area (Å²) in [6, 6.07) is -2.45. The lowest BCUT2D eigenvalue weighted by atomic mass is 10.1. The predicted molar refractivity (Wildman–Crippen MR) is 49.5 cm³/mol. The Morgan fingerprint density at radius 2 is 1.89 bits per heavy atom. The van der Waals surface area contributed by atoms with Crippen molar-refractivity contribution >= 4 is 23.4 Å². The fourth-order valence-corrected chi connectivity index (χ4v) is 0.913. The van der Waals surface area contributed by atoms with E-state index in [-0.39, 0.29) is 6.42 Å². The maximum Gasteiger partial charge on any atom is 0.471 e. The van der Waals surface area contributed by atoms with Gasteiger partial charge in [0.05, 0.1) is 6.42 Å². The normalized spacial score (nSPS) is 12.2. The lowest BCUT2D eigenvalue weighted by Crippen LogP contribution is -2.52. The highest BCUT2D eigenvalue weighted by molar-refractivity contribution is 6.43. The Morgan fingerprint density at radius 3 is 2.17 bits per heavy atom. The summed E-state index contributed by atoms with van der Waals surface area (Å²) in [6.45, 7) is 1.32. The van der Waals surface area contributed by atoms with Gasteiger partial charge in [0, 0.05) is 0 Å². The number of rotatable bonds is 5. The molecule has 1 amide bonds. The summed E-state index contributed by atoms with van der Waals surface area (Å²) in [5.74, 6) is -5.99. The van der Waals surface area contributed by atoms with Gasteiger partial charge in [0.2, 0.25) is 0 Å². The number of nitrogens with one attached hydrogen (secondary N) is 1. The lowest BCUT2D eigenvalue weighted by Gasteiger charge is -2.12. The average Bonchev–Trinajstić information content (AvgIpc) is 2.25. The van der Waals surface area contributed by atoms with Crippen LogP contribution in [0.2, 0.25) is 0 Å². The van der Waals surface area contributed by atoms with Crippen molar-refractivity contribution in [1.29, 1.82) is 0 Å². The van der Waals surface area contributed by atoms with Crippen molar-refractivity contribution in [2.75, 3.05) is 0 Å². The van der Waals surface area contributed by atoms with Crippen molar-refractivity contribution in [3.8, 4) is 0 Å². The molecule has 0 aromatic carbocycles. The molecule has 2 N–H and O–H groups in total. The number of aliphatic carboxylic acids is 1. The molecule has 18 heavy (non-hydrogen) atoms. The summed E-state index contributed by atoms with van der Waals surface area (Å²) in [5, 5.41) is 9.56. The molecule has 0 aliphatic heterocycles. The number of hydrogen-bond donors (Lipinski definition) is 2. The Kier molecular flexibility index (Phi) is 5.19. The van der Waals surface area contributed by atoms with E-state index in [1.807, 2.05) is 0 Å². The van der Waals surface area contributed by atoms with Crippen LogP contribution in [0.3, 0.4) is 0 Å². The van der Waals surface area contributed by atoms with E-state index in [9.17, 15) is 27.6 Å². The van der Waals surface area contributed by atoms with Crippen molar-refractivity contribution in [2.45, 2.75) is 25.6 Å². The number of carboxylic acid groups (broad SMARTS) is 1. The second-order valence-corrected chi connectivity index (χ2v) is 3.01. The number of ketones is 1. The SMILES string of the molecule is CCC(=[N+]=[N-])C(=O)[C@H](NC(=O)C(F)(F)F)C(=O)O. The average molecular weight is 267 g/mol. The molecule has 0 aliphatic rings. The van der Waals surface area contributed by atoms with Gasteiger partial charge >= 0.3 is 23.8 Å². The van der Waals surface area contributed by atoms with Crippen LogP contribution in [-0.2, 0) is 14.4 Å². The van der Waals surface area contributed by atoms with Crippen LogP contribution >= 0.6 is 0 Å². The maximum absolute atomic E-state index is 11.9. The van der Waals surface area contributed by atoms with Gasteiger partial charge < -0.3 is 16.0 Å². The third-order valence-corrected chi connectivity index (χ3v) is 1.78. The third kappa shape index (κ3) is 3.98. The van der Waals surface area contributed by atoms with Crippen molar-refractivity contribution in [3.05, 3.63) is 5.53 Å². The Bertz CT molecular complexity index is 426. The lowest BCUT2D eigenvalue weighted by molar-refractivity contribution is -0.175. The molecule has 100 valence electrons. The summed E-state index contributed by atoms with van der Waals surface area (Å²) in [4.78, 5) is 34.9. The van der Waals surface area contributed by atoms with Crippen LogP contribution in [0.4, 0.5) is 13.2 Å². The first-order valence-electron chi connectivity index (χ1n) is 4.50. The fraction of sp³-hybridized carbons (Fsp3) is 0.500. The van der Waals surface area contributed by atoms with E-state index in [2.05, 4.69) is 4.79 Å². The first-order valence-corrected chi connectivity index (χ1v) is 4.50. The molecule has 0 unspecified atom stereocenters. The zero-order chi connectivity index (χ0) is 14.5. The molecule has 0 bridgehead atoms. The molecular formula is C8H8F3N3O4. The minimum absolute atomic E-state index is 0.207. The predicted octanol–water partition coefficient (Wildman–Crippen LogP) is -0.232. The van der Waals surface area contributed by atoms with Crippen molar-refractivity contribution in [1.82, 2.24) is 5.32 Å². The van der Waals surface area contributed by atoms with E-state index < -0.39 is 35.6 Å². The highest BCUT2D eigenvalue weighted by Crippen LogP contribution is 2.14. The van der Waals surface area contributed by atoms with Crippen molar-refractivity contribution < 1.29 is 37.5 Å². The minimum atomic E-state index is -5.32. The van der Waals surface area contributed by atoms with Crippen LogP contribution in [-0.4, -0.2) is 45.5 Å². The van der Waals surface area contributed by atoms with Crippen LogP contribution in [0.1, 0.15) is 13.3 Å². The molecule has 0 heterocycles. The van der Waals surface area contributed by atoms with E-state index in [4.69, 9.17) is 10.6 Å². The number of amides is 1. The van der Waals surface area contributed by atoms with Crippen LogP contribution in [0, 0.1) is 0 Å². The molecule has 0 aromatic rings. The number of carbonyl (C=O) groups is 3. The van der Waals surface area contributed by atoms with Gasteiger partial charge in [-0.1, -0.05) is 6.92 Å². The van der Waals surface area contributed by atoms with E-state index >= 15 is 0 Å². The number of carbonyl (C=O) groups excluding carboxylic acids is 2. The standard InChI is InChI=1S/C8H8F3N3O4/c1-2-3(14-12)5(15)4(6(16)17)13-7(18)8(9,10)11/h4H,2H2,1H3,(H,13,18)(H,16,17)/t4-/m0/s1. The van der Waals surface area contributed by atoms with Crippen LogP contribution in [0.15, 0.2) is 0 Å². The third-order valence-electron chi connectivity index (χ3n) is 1.78. The molecule has 0 spiro atoms. The Hall–Kier alpha value is -2.22. The second kappa shape index (κ2) is 5.92. The van der Waals surface area contributed by atoms with Gasteiger partial charge in [-0.3, -0.25) is 9.59 Å². The highest BCUT2D eigenvalue weighted by atomic mass is 19.4. The Morgan fingerprint density at radius 1 is 1.39 bits per heavy atom. The molecule has 10 heteroatoms. The minimum Gasteiger partial charge on any atom is -0.479 e. The number of alkyl halides is 3. The number of halogens is 3. The largest absolute Gasteiger partial charge is 0.479 e. The zero-order valence-corrected chi connectivity index (χ0v) is 8.98. The fourth-order valence-electron chi connectivity index (χ4n) is 0.913.